The summed E-state index contributed by atoms with van der Waals surface area (Å²) >= 11 is 5.89. The minimum atomic E-state index is -0.580. The molecule has 1 fully saturated rings. The summed E-state index contributed by atoms with van der Waals surface area (Å²) in [6, 6.07) is 7.00. The van der Waals surface area contributed by atoms with E-state index >= 15 is 0 Å². The molecule has 1 aromatic rings. The Morgan fingerprint density at radius 3 is 2.38 bits per heavy atom. The molecule has 2 atom stereocenters. The van der Waals surface area contributed by atoms with E-state index in [4.69, 9.17) is 17.3 Å². The molecule has 1 aliphatic heterocycles. The van der Waals surface area contributed by atoms with E-state index in [1.807, 2.05) is 44.7 Å². The molecule has 0 bridgehead atoms. The zero-order valence-corrected chi connectivity index (χ0v) is 16.9. The van der Waals surface area contributed by atoms with Gasteiger partial charge in [-0.25, -0.2) is 0 Å². The van der Waals surface area contributed by atoms with Crippen molar-refractivity contribution in [1.82, 2.24) is 9.80 Å². The number of nitrogens with zero attached hydrogens (tertiary/aromatic N) is 2. The van der Waals surface area contributed by atoms with Gasteiger partial charge in [0, 0.05) is 30.1 Å². The van der Waals surface area contributed by atoms with Gasteiger partial charge in [0.05, 0.1) is 12.1 Å². The van der Waals surface area contributed by atoms with Crippen molar-refractivity contribution in [1.29, 1.82) is 0 Å². The number of halogens is 1. The highest BCUT2D eigenvalue weighted by atomic mass is 35.5. The predicted molar refractivity (Wildman–Crippen MR) is 105 cm³/mol. The fourth-order valence-corrected chi connectivity index (χ4v) is 3.65. The van der Waals surface area contributed by atoms with E-state index in [9.17, 15) is 9.59 Å². The first-order chi connectivity index (χ1) is 12.2. The van der Waals surface area contributed by atoms with Crippen LogP contribution in [0.4, 0.5) is 0 Å². The first-order valence-corrected chi connectivity index (χ1v) is 9.69. The average Bonchev–Trinajstić information content (AvgIpc) is 3.05. The molecule has 1 saturated heterocycles. The number of benzene rings is 1. The standard InChI is InChI=1S/C20H30ClN3O2/c1-13(2)19(25)24(14(3)4)17-9-10-23(12-17)20(26)18(22)11-15-5-7-16(21)8-6-15/h5-8,13-14,17-18H,9-12,22H2,1-4H3. The van der Waals surface area contributed by atoms with Gasteiger partial charge in [0.1, 0.15) is 0 Å². The van der Waals surface area contributed by atoms with Gasteiger partial charge in [-0.3, -0.25) is 9.59 Å². The Labute approximate surface area is 161 Å². The molecule has 144 valence electrons. The van der Waals surface area contributed by atoms with E-state index in [2.05, 4.69) is 0 Å². The van der Waals surface area contributed by atoms with Crippen LogP contribution in [0.15, 0.2) is 24.3 Å². The van der Waals surface area contributed by atoms with Crippen LogP contribution in [0.5, 0.6) is 0 Å². The molecule has 0 spiro atoms. The fourth-order valence-electron chi connectivity index (χ4n) is 3.52. The lowest BCUT2D eigenvalue weighted by Gasteiger charge is -2.34. The largest absolute Gasteiger partial charge is 0.339 e. The molecule has 2 unspecified atom stereocenters. The van der Waals surface area contributed by atoms with Gasteiger partial charge < -0.3 is 15.5 Å². The van der Waals surface area contributed by atoms with Crippen LogP contribution in [0.1, 0.15) is 39.7 Å². The van der Waals surface area contributed by atoms with Gasteiger partial charge >= 0.3 is 0 Å². The molecular formula is C20H30ClN3O2. The van der Waals surface area contributed by atoms with Crippen LogP contribution in [0, 0.1) is 5.92 Å². The van der Waals surface area contributed by atoms with Crippen LogP contribution in [0.3, 0.4) is 0 Å². The van der Waals surface area contributed by atoms with Crippen molar-refractivity contribution in [2.75, 3.05) is 13.1 Å². The summed E-state index contributed by atoms with van der Waals surface area (Å²) in [4.78, 5) is 29.0. The summed E-state index contributed by atoms with van der Waals surface area (Å²) in [6.07, 6.45) is 1.28. The molecule has 2 N–H and O–H groups in total. The number of nitrogens with two attached hydrogens (primary N) is 1. The lowest BCUT2D eigenvalue weighted by molar-refractivity contribution is -0.139. The SMILES string of the molecule is CC(C)C(=O)N(C(C)C)C1CCN(C(=O)C(N)Cc2ccc(Cl)cc2)C1. The molecule has 0 aliphatic carbocycles. The molecular weight excluding hydrogens is 350 g/mol. The van der Waals surface area contributed by atoms with E-state index in [1.54, 1.807) is 17.0 Å². The van der Waals surface area contributed by atoms with Crippen molar-refractivity contribution < 1.29 is 9.59 Å². The maximum absolute atomic E-state index is 12.7. The molecule has 26 heavy (non-hydrogen) atoms. The van der Waals surface area contributed by atoms with Crippen molar-refractivity contribution in [2.24, 2.45) is 11.7 Å². The minimum absolute atomic E-state index is 0.0469. The predicted octanol–water partition coefficient (Wildman–Crippen LogP) is 2.70. The first kappa shape index (κ1) is 20.7. The quantitative estimate of drug-likeness (QED) is 0.826. The molecule has 6 heteroatoms. The van der Waals surface area contributed by atoms with Gasteiger partial charge in [0.25, 0.3) is 0 Å². The maximum Gasteiger partial charge on any atom is 0.239 e. The number of hydrogen-bond acceptors (Lipinski definition) is 3. The van der Waals surface area contributed by atoms with E-state index < -0.39 is 6.04 Å². The van der Waals surface area contributed by atoms with Gasteiger partial charge in [-0.1, -0.05) is 37.6 Å². The van der Waals surface area contributed by atoms with Crippen LogP contribution in [-0.4, -0.2) is 52.8 Å². The lowest BCUT2D eigenvalue weighted by atomic mass is 10.1. The molecule has 5 nitrogen and oxygen atoms in total. The Balaban J connectivity index is 1.98. The van der Waals surface area contributed by atoms with Gasteiger partial charge in [-0.05, 0) is 44.4 Å². The smallest absolute Gasteiger partial charge is 0.239 e. The molecule has 2 amide bonds. The zero-order valence-electron chi connectivity index (χ0n) is 16.1. The van der Waals surface area contributed by atoms with Gasteiger partial charge in [0.2, 0.25) is 11.8 Å². The molecule has 1 aromatic carbocycles. The van der Waals surface area contributed by atoms with E-state index in [-0.39, 0.29) is 29.8 Å². The lowest BCUT2D eigenvalue weighted by Crippen LogP contribution is -2.49. The van der Waals surface area contributed by atoms with Crippen LogP contribution in [0.25, 0.3) is 0 Å². The number of carbonyl (C=O) groups excluding carboxylic acids is 2. The van der Waals surface area contributed by atoms with Crippen LogP contribution in [0.2, 0.25) is 5.02 Å². The average molecular weight is 380 g/mol. The van der Waals surface area contributed by atoms with Gasteiger partial charge in [0.15, 0.2) is 0 Å². The maximum atomic E-state index is 12.7. The highest BCUT2D eigenvalue weighted by molar-refractivity contribution is 6.30. The number of amides is 2. The second-order valence-electron chi connectivity index (χ2n) is 7.66. The highest BCUT2D eigenvalue weighted by Gasteiger charge is 2.36. The molecule has 1 heterocycles. The second-order valence-corrected chi connectivity index (χ2v) is 8.09. The summed E-state index contributed by atoms with van der Waals surface area (Å²) in [5, 5.41) is 0.666. The summed E-state index contributed by atoms with van der Waals surface area (Å²) in [6.45, 7) is 9.08. The Morgan fingerprint density at radius 2 is 1.85 bits per heavy atom. The molecule has 0 saturated carbocycles. The van der Waals surface area contributed by atoms with E-state index in [1.165, 1.54) is 0 Å². The van der Waals surface area contributed by atoms with Crippen molar-refractivity contribution in [2.45, 2.75) is 58.7 Å². The van der Waals surface area contributed by atoms with Gasteiger partial charge in [-0.2, -0.15) is 0 Å². The second kappa shape index (κ2) is 8.87. The third-order valence-electron chi connectivity index (χ3n) is 4.86. The topological polar surface area (TPSA) is 66.6 Å². The van der Waals surface area contributed by atoms with Crippen molar-refractivity contribution in [3.8, 4) is 0 Å². The monoisotopic (exact) mass is 379 g/mol. The zero-order chi connectivity index (χ0) is 19.4. The molecule has 1 aliphatic rings. The normalized spacial score (nSPS) is 18.5. The van der Waals surface area contributed by atoms with Crippen molar-refractivity contribution in [3.63, 3.8) is 0 Å². The Hall–Kier alpha value is -1.59. The van der Waals surface area contributed by atoms with E-state index in [0.717, 1.165) is 12.0 Å². The van der Waals surface area contributed by atoms with Crippen LogP contribution < -0.4 is 5.73 Å². The molecule has 0 aromatic heterocycles. The summed E-state index contributed by atoms with van der Waals surface area (Å²) < 4.78 is 0. The summed E-state index contributed by atoms with van der Waals surface area (Å²) in [7, 11) is 0. The molecule has 2 rings (SSSR count). The minimum Gasteiger partial charge on any atom is -0.339 e. The van der Waals surface area contributed by atoms with Crippen molar-refractivity contribution >= 4 is 23.4 Å². The Morgan fingerprint density at radius 1 is 1.23 bits per heavy atom. The fraction of sp³-hybridized carbons (Fsp3) is 0.600. The van der Waals surface area contributed by atoms with Crippen molar-refractivity contribution in [3.05, 3.63) is 34.9 Å². The number of rotatable bonds is 6. The van der Waals surface area contributed by atoms with E-state index in [0.29, 0.717) is 24.5 Å². The first-order valence-electron chi connectivity index (χ1n) is 9.31. The van der Waals surface area contributed by atoms with Gasteiger partial charge in [-0.15, -0.1) is 0 Å². The Kier molecular flexibility index (Phi) is 7.07. The Bertz CT molecular complexity index is 630. The number of likely N-dealkylation sites (tertiary alicyclic amines) is 1. The van der Waals surface area contributed by atoms with Crippen LogP contribution in [-0.2, 0) is 16.0 Å². The summed E-state index contributed by atoms with van der Waals surface area (Å²) in [5.41, 5.74) is 7.14. The summed E-state index contributed by atoms with van der Waals surface area (Å²) in [5.74, 6) is 0.0437. The van der Waals surface area contributed by atoms with Crippen LogP contribution >= 0.6 is 11.6 Å². The molecule has 0 radical (unpaired) electrons. The number of hydrogen-bond donors (Lipinski definition) is 1. The highest BCUT2D eigenvalue weighted by Crippen LogP contribution is 2.21. The third kappa shape index (κ3) is 4.98. The third-order valence-corrected chi connectivity index (χ3v) is 5.11. The number of carbonyl (C=O) groups is 2.